The van der Waals surface area contributed by atoms with Gasteiger partial charge in [0.25, 0.3) is 11.7 Å². The summed E-state index contributed by atoms with van der Waals surface area (Å²) in [5.74, 6) is -0.781. The van der Waals surface area contributed by atoms with Crippen LogP contribution in [0.2, 0.25) is 0 Å². The van der Waals surface area contributed by atoms with E-state index in [0.717, 1.165) is 19.4 Å². The maximum absolute atomic E-state index is 11.6. The van der Waals surface area contributed by atoms with Gasteiger partial charge in [0, 0.05) is 0 Å². The lowest BCUT2D eigenvalue weighted by Gasteiger charge is -2.01. The first-order valence-corrected chi connectivity index (χ1v) is 5.62. The second-order valence-corrected chi connectivity index (χ2v) is 3.86. The number of amides is 1. The lowest BCUT2D eigenvalue weighted by Crippen LogP contribution is -2.30. The van der Waals surface area contributed by atoms with Crippen LogP contribution in [0.15, 0.2) is 4.52 Å². The third kappa shape index (κ3) is 2.83. The molecule has 8 heteroatoms. The van der Waals surface area contributed by atoms with Gasteiger partial charge in [-0.1, -0.05) is 5.16 Å². The molecule has 8 nitrogen and oxygen atoms in total. The molecule has 1 aliphatic heterocycles. The molecule has 0 spiro atoms. The van der Waals surface area contributed by atoms with Crippen molar-refractivity contribution in [3.05, 3.63) is 11.7 Å². The van der Waals surface area contributed by atoms with E-state index in [4.69, 9.17) is 4.52 Å². The van der Waals surface area contributed by atoms with Crippen LogP contribution in [0.1, 0.15) is 35.4 Å². The Labute approximate surface area is 103 Å². The molecule has 2 N–H and O–H groups in total. The number of rotatable bonds is 4. The average Bonchev–Trinajstić information content (AvgIpc) is 3.04. The quantitative estimate of drug-likeness (QED) is 0.691. The lowest BCUT2D eigenvalue weighted by molar-refractivity contribution is -0.139. The highest BCUT2D eigenvalue weighted by atomic mass is 16.5. The Kier molecular flexibility index (Phi) is 3.88. The molecule has 98 valence electrons. The van der Waals surface area contributed by atoms with Gasteiger partial charge >= 0.3 is 5.97 Å². The highest BCUT2D eigenvalue weighted by molar-refractivity contribution is 5.92. The van der Waals surface area contributed by atoms with Crippen LogP contribution in [0.25, 0.3) is 0 Å². The molecule has 1 amide bonds. The third-order valence-corrected chi connectivity index (χ3v) is 2.62. The normalized spacial score (nSPS) is 18.6. The van der Waals surface area contributed by atoms with E-state index in [9.17, 15) is 9.59 Å². The van der Waals surface area contributed by atoms with Gasteiger partial charge in [-0.2, -0.15) is 4.98 Å². The molecule has 1 aromatic heterocycles. The fourth-order valence-corrected chi connectivity index (χ4v) is 1.67. The zero-order valence-corrected chi connectivity index (χ0v) is 9.93. The fourth-order valence-electron chi connectivity index (χ4n) is 1.67. The van der Waals surface area contributed by atoms with Crippen molar-refractivity contribution in [3.8, 4) is 0 Å². The number of esters is 1. The molecule has 18 heavy (non-hydrogen) atoms. The molecule has 2 heterocycles. The minimum Gasteiger partial charge on any atom is -0.468 e. The van der Waals surface area contributed by atoms with Crippen molar-refractivity contribution in [1.29, 1.82) is 0 Å². The molecule has 0 bridgehead atoms. The Morgan fingerprint density at radius 1 is 1.61 bits per heavy atom. The number of nitrogens with one attached hydrogen (secondary N) is 2. The first kappa shape index (κ1) is 12.5. The summed E-state index contributed by atoms with van der Waals surface area (Å²) in [6.07, 6.45) is 1.95. The number of aromatic nitrogens is 2. The maximum atomic E-state index is 11.6. The summed E-state index contributed by atoms with van der Waals surface area (Å²) in [6, 6.07) is 0.0136. The Hall–Kier alpha value is -1.96. The molecule has 1 aliphatic rings. The average molecular weight is 254 g/mol. The SMILES string of the molecule is COC(=O)CNC(=O)c1noc(C2CCCN2)n1. The fraction of sp³-hybridized carbons (Fsp3) is 0.600. The van der Waals surface area contributed by atoms with E-state index in [2.05, 4.69) is 25.5 Å². The largest absolute Gasteiger partial charge is 0.468 e. The summed E-state index contributed by atoms with van der Waals surface area (Å²) in [5, 5.41) is 9.09. The first-order chi connectivity index (χ1) is 8.70. The number of hydrogen-bond donors (Lipinski definition) is 2. The molecule has 1 saturated heterocycles. The van der Waals surface area contributed by atoms with E-state index >= 15 is 0 Å². The maximum Gasteiger partial charge on any atom is 0.325 e. The number of methoxy groups -OCH3 is 1. The number of ether oxygens (including phenoxy) is 1. The van der Waals surface area contributed by atoms with Gasteiger partial charge in [-0.05, 0) is 19.4 Å². The van der Waals surface area contributed by atoms with Gasteiger partial charge in [0.1, 0.15) is 6.54 Å². The van der Waals surface area contributed by atoms with E-state index in [1.54, 1.807) is 0 Å². The van der Waals surface area contributed by atoms with Crippen molar-refractivity contribution in [2.24, 2.45) is 0 Å². The van der Waals surface area contributed by atoms with E-state index in [1.165, 1.54) is 7.11 Å². The van der Waals surface area contributed by atoms with E-state index in [-0.39, 0.29) is 18.4 Å². The van der Waals surface area contributed by atoms with Gasteiger partial charge < -0.3 is 19.9 Å². The zero-order chi connectivity index (χ0) is 13.0. The van der Waals surface area contributed by atoms with Crippen LogP contribution in [-0.2, 0) is 9.53 Å². The van der Waals surface area contributed by atoms with Gasteiger partial charge in [0.2, 0.25) is 5.89 Å². The summed E-state index contributed by atoms with van der Waals surface area (Å²) in [7, 11) is 1.24. The Balaban J connectivity index is 1.92. The van der Waals surface area contributed by atoms with Crippen molar-refractivity contribution >= 4 is 11.9 Å². The Morgan fingerprint density at radius 3 is 3.11 bits per heavy atom. The second kappa shape index (κ2) is 5.58. The zero-order valence-electron chi connectivity index (χ0n) is 9.93. The molecular formula is C10H14N4O4. The summed E-state index contributed by atoms with van der Waals surface area (Å²) in [6.45, 7) is 0.678. The van der Waals surface area contributed by atoms with Crippen LogP contribution in [0.4, 0.5) is 0 Å². The second-order valence-electron chi connectivity index (χ2n) is 3.86. The van der Waals surface area contributed by atoms with Gasteiger partial charge in [-0.25, -0.2) is 0 Å². The van der Waals surface area contributed by atoms with E-state index in [0.29, 0.717) is 5.89 Å². The molecule has 0 radical (unpaired) electrons. The third-order valence-electron chi connectivity index (χ3n) is 2.62. The number of carbonyl (C=O) groups excluding carboxylic acids is 2. The van der Waals surface area contributed by atoms with Crippen LogP contribution < -0.4 is 10.6 Å². The molecular weight excluding hydrogens is 240 g/mol. The topological polar surface area (TPSA) is 106 Å². The molecule has 0 aromatic carbocycles. The molecule has 1 atom stereocenters. The monoisotopic (exact) mass is 254 g/mol. The van der Waals surface area contributed by atoms with Crippen LogP contribution in [0, 0.1) is 0 Å². The van der Waals surface area contributed by atoms with Crippen LogP contribution in [-0.4, -0.2) is 42.2 Å². The van der Waals surface area contributed by atoms with Gasteiger partial charge in [0.05, 0.1) is 13.2 Å². The molecule has 0 aliphatic carbocycles. The first-order valence-electron chi connectivity index (χ1n) is 5.62. The van der Waals surface area contributed by atoms with Crippen molar-refractivity contribution in [3.63, 3.8) is 0 Å². The minimum atomic E-state index is -0.562. The smallest absolute Gasteiger partial charge is 0.325 e. The molecule has 1 aromatic rings. The molecule has 2 rings (SSSR count). The Morgan fingerprint density at radius 2 is 2.44 bits per heavy atom. The minimum absolute atomic E-state index is 0.0136. The van der Waals surface area contributed by atoms with Gasteiger partial charge in [-0.15, -0.1) is 0 Å². The van der Waals surface area contributed by atoms with E-state index < -0.39 is 11.9 Å². The lowest BCUT2D eigenvalue weighted by atomic mass is 10.2. The highest BCUT2D eigenvalue weighted by Crippen LogP contribution is 2.20. The predicted octanol–water partition coefficient (Wildman–Crippen LogP) is -0.603. The van der Waals surface area contributed by atoms with Crippen LogP contribution in [0.5, 0.6) is 0 Å². The van der Waals surface area contributed by atoms with Crippen molar-refractivity contribution in [2.45, 2.75) is 18.9 Å². The Bertz CT molecular complexity index is 439. The number of hydrogen-bond acceptors (Lipinski definition) is 7. The summed E-state index contributed by atoms with van der Waals surface area (Å²) >= 11 is 0. The predicted molar refractivity (Wildman–Crippen MR) is 58.6 cm³/mol. The molecule has 1 unspecified atom stereocenters. The molecule has 0 saturated carbocycles. The number of carbonyl (C=O) groups is 2. The van der Waals surface area contributed by atoms with Gasteiger partial charge in [-0.3, -0.25) is 9.59 Å². The number of nitrogens with zero attached hydrogens (tertiary/aromatic N) is 2. The van der Waals surface area contributed by atoms with E-state index in [1.807, 2.05) is 0 Å². The highest BCUT2D eigenvalue weighted by Gasteiger charge is 2.24. The van der Waals surface area contributed by atoms with Gasteiger partial charge in [0.15, 0.2) is 0 Å². The molecule has 1 fully saturated rings. The van der Waals surface area contributed by atoms with Crippen LogP contribution >= 0.6 is 0 Å². The summed E-state index contributed by atoms with van der Waals surface area (Å²) < 4.78 is 9.40. The van der Waals surface area contributed by atoms with Crippen molar-refractivity contribution in [2.75, 3.05) is 20.2 Å². The standard InChI is InChI=1S/C10H14N4O4/c1-17-7(15)5-12-9(16)8-13-10(18-14-8)6-3-2-4-11-6/h6,11H,2-5H2,1H3,(H,12,16). The summed E-state index contributed by atoms with van der Waals surface area (Å²) in [5.41, 5.74) is 0. The van der Waals surface area contributed by atoms with Crippen molar-refractivity contribution in [1.82, 2.24) is 20.8 Å². The summed E-state index contributed by atoms with van der Waals surface area (Å²) in [4.78, 5) is 26.4. The van der Waals surface area contributed by atoms with Crippen LogP contribution in [0.3, 0.4) is 0 Å². The van der Waals surface area contributed by atoms with Crippen molar-refractivity contribution < 1.29 is 18.8 Å².